The minimum atomic E-state index is -0.378. The smallest absolute Gasteiger partial charge is 0.339 e. The quantitative estimate of drug-likeness (QED) is 0.767. The molecule has 1 atom stereocenters. The molecule has 0 aromatic carbocycles. The van der Waals surface area contributed by atoms with Crippen molar-refractivity contribution >= 4 is 5.97 Å². The van der Waals surface area contributed by atoms with Crippen molar-refractivity contribution in [3.63, 3.8) is 0 Å². The van der Waals surface area contributed by atoms with E-state index in [2.05, 4.69) is 14.6 Å². The molecular weight excluding hydrogens is 232 g/mol. The molecule has 0 aliphatic carbocycles. The summed E-state index contributed by atoms with van der Waals surface area (Å²) in [6.07, 6.45) is 1.96. The Labute approximate surface area is 107 Å². The molecule has 1 N–H and O–H groups in total. The zero-order valence-electron chi connectivity index (χ0n) is 11.1. The van der Waals surface area contributed by atoms with Gasteiger partial charge in [-0.3, -0.25) is 4.98 Å². The van der Waals surface area contributed by atoms with E-state index in [1.54, 1.807) is 13.0 Å². The molecule has 100 valence electrons. The molecule has 0 fully saturated rings. The molecule has 0 saturated carbocycles. The molecule has 0 amide bonds. The third-order valence-corrected chi connectivity index (χ3v) is 2.61. The topological polar surface area (TPSA) is 62.7 Å². The summed E-state index contributed by atoms with van der Waals surface area (Å²) < 4.78 is 4.60. The first-order chi connectivity index (χ1) is 8.52. The highest BCUT2D eigenvalue weighted by molar-refractivity contribution is 5.88. The van der Waals surface area contributed by atoms with E-state index in [4.69, 9.17) is 0 Å². The monoisotopic (exact) mass is 252 g/mol. The second-order valence-electron chi connectivity index (χ2n) is 4.41. The molecule has 1 heterocycles. The van der Waals surface area contributed by atoms with Gasteiger partial charge >= 0.3 is 5.97 Å². The fraction of sp³-hybridized carbons (Fsp3) is 0.538. The van der Waals surface area contributed by atoms with Crippen LogP contribution in [0.3, 0.4) is 0 Å². The van der Waals surface area contributed by atoms with Gasteiger partial charge < -0.3 is 14.7 Å². The molecule has 0 aliphatic heterocycles. The molecule has 0 spiro atoms. The Morgan fingerprint density at radius 3 is 2.78 bits per heavy atom. The molecule has 5 nitrogen and oxygen atoms in total. The number of aliphatic hydroxyl groups is 1. The number of methoxy groups -OCH3 is 1. The van der Waals surface area contributed by atoms with E-state index in [1.807, 2.05) is 13.1 Å². The van der Waals surface area contributed by atoms with Crippen molar-refractivity contribution in [3.05, 3.63) is 29.6 Å². The second-order valence-corrected chi connectivity index (χ2v) is 4.41. The Kier molecular flexibility index (Phi) is 5.74. The lowest BCUT2D eigenvalue weighted by Gasteiger charge is -2.16. The molecule has 1 aromatic heterocycles. The van der Waals surface area contributed by atoms with Gasteiger partial charge in [0.05, 0.1) is 24.5 Å². The number of nitrogens with zero attached hydrogens (tertiary/aromatic N) is 2. The Morgan fingerprint density at radius 2 is 2.28 bits per heavy atom. The lowest BCUT2D eigenvalue weighted by molar-refractivity contribution is 0.0600. The Bertz CT molecular complexity index is 376. The minimum Gasteiger partial charge on any atom is -0.465 e. The van der Waals surface area contributed by atoms with Crippen LogP contribution in [0.25, 0.3) is 0 Å². The molecule has 0 aliphatic rings. The van der Waals surface area contributed by atoms with E-state index in [0.29, 0.717) is 12.1 Å². The van der Waals surface area contributed by atoms with Gasteiger partial charge in [-0.05, 0) is 32.5 Å². The number of esters is 1. The van der Waals surface area contributed by atoms with Crippen LogP contribution < -0.4 is 0 Å². The first-order valence-corrected chi connectivity index (χ1v) is 5.92. The van der Waals surface area contributed by atoms with Crippen LogP contribution in [0.5, 0.6) is 0 Å². The standard InChI is InChI=1S/C13H20N2O3/c1-10(16)6-7-15(2)9-12-5-4-11(8-14-12)13(17)18-3/h4-5,8,10,16H,6-7,9H2,1-3H3. The van der Waals surface area contributed by atoms with Gasteiger partial charge in [0.15, 0.2) is 0 Å². The van der Waals surface area contributed by atoms with Gasteiger partial charge in [-0.2, -0.15) is 0 Å². The summed E-state index contributed by atoms with van der Waals surface area (Å²) in [6, 6.07) is 3.52. The molecule has 0 bridgehead atoms. The number of rotatable bonds is 6. The fourth-order valence-corrected chi connectivity index (χ4v) is 1.52. The number of carbonyl (C=O) groups excluding carboxylic acids is 1. The number of pyridine rings is 1. The van der Waals surface area contributed by atoms with Crippen molar-refractivity contribution in [2.45, 2.75) is 26.0 Å². The summed E-state index contributed by atoms with van der Waals surface area (Å²) in [5, 5.41) is 9.20. The number of aliphatic hydroxyl groups excluding tert-OH is 1. The highest BCUT2D eigenvalue weighted by Gasteiger charge is 2.07. The van der Waals surface area contributed by atoms with Crippen LogP contribution in [0.4, 0.5) is 0 Å². The number of aromatic nitrogens is 1. The van der Waals surface area contributed by atoms with Crippen LogP contribution >= 0.6 is 0 Å². The van der Waals surface area contributed by atoms with Crippen molar-refractivity contribution < 1.29 is 14.6 Å². The van der Waals surface area contributed by atoms with Crippen LogP contribution in [0.1, 0.15) is 29.4 Å². The van der Waals surface area contributed by atoms with E-state index in [9.17, 15) is 9.90 Å². The van der Waals surface area contributed by atoms with Gasteiger partial charge in [0.25, 0.3) is 0 Å². The van der Waals surface area contributed by atoms with Crippen molar-refractivity contribution in [1.29, 1.82) is 0 Å². The Balaban J connectivity index is 2.50. The van der Waals surface area contributed by atoms with Gasteiger partial charge in [0.2, 0.25) is 0 Å². The molecule has 1 rings (SSSR count). The van der Waals surface area contributed by atoms with Gasteiger partial charge in [-0.25, -0.2) is 4.79 Å². The maximum atomic E-state index is 11.2. The third kappa shape index (κ3) is 4.81. The molecular formula is C13H20N2O3. The van der Waals surface area contributed by atoms with Gasteiger partial charge in [-0.1, -0.05) is 0 Å². The Hall–Kier alpha value is -1.46. The SMILES string of the molecule is COC(=O)c1ccc(CN(C)CCC(C)O)nc1. The van der Waals surface area contributed by atoms with Crippen LogP contribution in [0, 0.1) is 0 Å². The molecule has 0 radical (unpaired) electrons. The molecule has 18 heavy (non-hydrogen) atoms. The fourth-order valence-electron chi connectivity index (χ4n) is 1.52. The molecule has 5 heteroatoms. The summed E-state index contributed by atoms with van der Waals surface area (Å²) in [5.74, 6) is -0.378. The lowest BCUT2D eigenvalue weighted by Crippen LogP contribution is -2.22. The zero-order valence-corrected chi connectivity index (χ0v) is 11.1. The summed E-state index contributed by atoms with van der Waals surface area (Å²) in [5.41, 5.74) is 1.34. The number of carbonyl (C=O) groups is 1. The largest absolute Gasteiger partial charge is 0.465 e. The Morgan fingerprint density at radius 1 is 1.56 bits per heavy atom. The lowest BCUT2D eigenvalue weighted by atomic mass is 10.2. The molecule has 1 aromatic rings. The molecule has 1 unspecified atom stereocenters. The van der Waals surface area contributed by atoms with Gasteiger partial charge in [0.1, 0.15) is 0 Å². The minimum absolute atomic E-state index is 0.290. The normalized spacial score (nSPS) is 12.5. The highest BCUT2D eigenvalue weighted by atomic mass is 16.5. The first kappa shape index (κ1) is 14.6. The van der Waals surface area contributed by atoms with E-state index in [1.165, 1.54) is 13.3 Å². The van der Waals surface area contributed by atoms with Gasteiger partial charge in [-0.15, -0.1) is 0 Å². The average molecular weight is 252 g/mol. The van der Waals surface area contributed by atoms with Crippen molar-refractivity contribution in [2.75, 3.05) is 20.7 Å². The van der Waals surface area contributed by atoms with Crippen molar-refractivity contribution in [1.82, 2.24) is 9.88 Å². The highest BCUT2D eigenvalue weighted by Crippen LogP contribution is 2.05. The molecule has 0 saturated heterocycles. The third-order valence-electron chi connectivity index (χ3n) is 2.61. The van der Waals surface area contributed by atoms with E-state index < -0.39 is 0 Å². The van der Waals surface area contributed by atoms with Gasteiger partial charge in [0, 0.05) is 19.3 Å². The summed E-state index contributed by atoms with van der Waals surface area (Å²) in [7, 11) is 3.32. The van der Waals surface area contributed by atoms with Crippen LogP contribution in [-0.4, -0.2) is 47.8 Å². The summed E-state index contributed by atoms with van der Waals surface area (Å²) in [4.78, 5) is 17.5. The van der Waals surface area contributed by atoms with E-state index in [0.717, 1.165) is 18.7 Å². The predicted octanol–water partition coefficient (Wildman–Crippen LogP) is 1.07. The zero-order chi connectivity index (χ0) is 13.5. The predicted molar refractivity (Wildman–Crippen MR) is 68.2 cm³/mol. The van der Waals surface area contributed by atoms with Crippen LogP contribution in [-0.2, 0) is 11.3 Å². The summed E-state index contributed by atoms with van der Waals surface area (Å²) >= 11 is 0. The summed E-state index contributed by atoms with van der Waals surface area (Å²) in [6.45, 7) is 3.27. The van der Waals surface area contributed by atoms with Crippen LogP contribution in [0.2, 0.25) is 0 Å². The first-order valence-electron chi connectivity index (χ1n) is 5.92. The average Bonchev–Trinajstić information content (AvgIpc) is 2.36. The maximum Gasteiger partial charge on any atom is 0.339 e. The van der Waals surface area contributed by atoms with E-state index >= 15 is 0 Å². The second kappa shape index (κ2) is 7.08. The number of hydrogen-bond acceptors (Lipinski definition) is 5. The number of hydrogen-bond donors (Lipinski definition) is 1. The van der Waals surface area contributed by atoms with E-state index in [-0.39, 0.29) is 12.1 Å². The van der Waals surface area contributed by atoms with Crippen molar-refractivity contribution in [3.8, 4) is 0 Å². The number of ether oxygens (including phenoxy) is 1. The van der Waals surface area contributed by atoms with Crippen molar-refractivity contribution in [2.24, 2.45) is 0 Å². The van der Waals surface area contributed by atoms with Crippen LogP contribution in [0.15, 0.2) is 18.3 Å². The maximum absolute atomic E-state index is 11.2.